The first-order valence-corrected chi connectivity index (χ1v) is 9.66. The van der Waals surface area contributed by atoms with Gasteiger partial charge in [-0.15, -0.1) is 0 Å². The minimum atomic E-state index is -0.109. The Bertz CT molecular complexity index is 438. The second kappa shape index (κ2) is 4.72. The van der Waals surface area contributed by atoms with Crippen molar-refractivity contribution in [3.63, 3.8) is 0 Å². The van der Waals surface area contributed by atoms with Crippen molar-refractivity contribution in [2.24, 2.45) is 22.2 Å². The van der Waals surface area contributed by atoms with Gasteiger partial charge in [-0.05, 0) is 68.6 Å². The standard InChI is InChI=1S/C18H30BrNO/c1-5-17(4,12-19)20-14(21)18-8-13-6-15(2,10-18)9-16(3,7-13)11-18/h13H,5-12H2,1-4H3,(H,20,21). The molecule has 4 saturated carbocycles. The highest BCUT2D eigenvalue weighted by Crippen LogP contribution is 2.69. The molecule has 0 radical (unpaired) electrons. The Morgan fingerprint density at radius 3 is 2.19 bits per heavy atom. The first-order valence-electron chi connectivity index (χ1n) is 8.54. The van der Waals surface area contributed by atoms with Crippen LogP contribution >= 0.6 is 15.9 Å². The van der Waals surface area contributed by atoms with Crippen molar-refractivity contribution >= 4 is 21.8 Å². The van der Waals surface area contributed by atoms with Gasteiger partial charge in [0.2, 0.25) is 5.91 Å². The number of carbonyl (C=O) groups excluding carboxylic acids is 1. The molecule has 120 valence electrons. The zero-order chi connectivity index (χ0) is 15.5. The zero-order valence-corrected chi connectivity index (χ0v) is 15.6. The molecular formula is C18H30BrNO. The van der Waals surface area contributed by atoms with Crippen molar-refractivity contribution in [2.45, 2.75) is 78.2 Å². The highest BCUT2D eigenvalue weighted by atomic mass is 79.9. The van der Waals surface area contributed by atoms with Crippen LogP contribution in [0.25, 0.3) is 0 Å². The number of hydrogen-bond donors (Lipinski definition) is 1. The van der Waals surface area contributed by atoms with E-state index in [1.54, 1.807) is 0 Å². The largest absolute Gasteiger partial charge is 0.350 e. The van der Waals surface area contributed by atoms with Gasteiger partial charge in [0.1, 0.15) is 0 Å². The molecule has 21 heavy (non-hydrogen) atoms. The van der Waals surface area contributed by atoms with Crippen LogP contribution in [0.1, 0.15) is 72.6 Å². The summed E-state index contributed by atoms with van der Waals surface area (Å²) in [5.41, 5.74) is 0.620. The van der Waals surface area contributed by atoms with Gasteiger partial charge in [-0.2, -0.15) is 0 Å². The SMILES string of the molecule is CCC(C)(CBr)NC(=O)C12CC3CC(C)(CC(C)(C3)C1)C2. The average Bonchev–Trinajstić information content (AvgIpc) is 2.34. The predicted molar refractivity (Wildman–Crippen MR) is 90.5 cm³/mol. The maximum Gasteiger partial charge on any atom is 0.226 e. The molecule has 0 aromatic carbocycles. The summed E-state index contributed by atoms with van der Waals surface area (Å²) in [6, 6.07) is 0. The van der Waals surface area contributed by atoms with E-state index in [-0.39, 0.29) is 11.0 Å². The van der Waals surface area contributed by atoms with Gasteiger partial charge in [0.25, 0.3) is 0 Å². The van der Waals surface area contributed by atoms with Gasteiger partial charge >= 0.3 is 0 Å². The van der Waals surface area contributed by atoms with E-state index in [4.69, 9.17) is 0 Å². The van der Waals surface area contributed by atoms with E-state index >= 15 is 0 Å². The summed E-state index contributed by atoms with van der Waals surface area (Å²) in [7, 11) is 0. The summed E-state index contributed by atoms with van der Waals surface area (Å²) in [4.78, 5) is 13.2. The van der Waals surface area contributed by atoms with Gasteiger partial charge in [-0.1, -0.05) is 36.7 Å². The Morgan fingerprint density at radius 2 is 1.76 bits per heavy atom. The van der Waals surface area contributed by atoms with Crippen LogP contribution in [0.2, 0.25) is 0 Å². The molecule has 0 aromatic heterocycles. The molecule has 0 saturated heterocycles. The van der Waals surface area contributed by atoms with Crippen LogP contribution in [0.5, 0.6) is 0 Å². The number of nitrogens with one attached hydrogen (secondary N) is 1. The highest BCUT2D eigenvalue weighted by molar-refractivity contribution is 9.09. The highest BCUT2D eigenvalue weighted by Gasteiger charge is 2.62. The van der Waals surface area contributed by atoms with Gasteiger partial charge in [0, 0.05) is 10.9 Å². The molecule has 4 aliphatic carbocycles. The fourth-order valence-corrected chi connectivity index (χ4v) is 6.86. The molecule has 4 fully saturated rings. The van der Waals surface area contributed by atoms with E-state index in [1.807, 2.05) is 0 Å². The molecule has 3 unspecified atom stereocenters. The minimum Gasteiger partial charge on any atom is -0.350 e. The van der Waals surface area contributed by atoms with Crippen LogP contribution < -0.4 is 5.32 Å². The third-order valence-electron chi connectivity index (χ3n) is 6.60. The molecule has 1 N–H and O–H groups in total. The maximum atomic E-state index is 13.2. The van der Waals surface area contributed by atoms with Gasteiger partial charge in [0.05, 0.1) is 5.41 Å². The molecule has 4 aliphatic rings. The smallest absolute Gasteiger partial charge is 0.226 e. The zero-order valence-electron chi connectivity index (χ0n) is 14.0. The lowest BCUT2D eigenvalue weighted by atomic mass is 9.40. The van der Waals surface area contributed by atoms with Crippen molar-refractivity contribution in [1.29, 1.82) is 0 Å². The molecule has 0 aromatic rings. The Labute approximate surface area is 138 Å². The molecule has 4 rings (SSSR count). The molecule has 1 amide bonds. The summed E-state index contributed by atoms with van der Waals surface area (Å²) in [6.45, 7) is 9.18. The van der Waals surface area contributed by atoms with Crippen LogP contribution in [0.4, 0.5) is 0 Å². The van der Waals surface area contributed by atoms with Crippen LogP contribution in [0, 0.1) is 22.2 Å². The van der Waals surface area contributed by atoms with E-state index in [2.05, 4.69) is 48.9 Å². The van der Waals surface area contributed by atoms with Crippen LogP contribution in [0.3, 0.4) is 0 Å². The molecule has 3 atom stereocenters. The molecule has 2 nitrogen and oxygen atoms in total. The van der Waals surface area contributed by atoms with Gasteiger partial charge in [-0.3, -0.25) is 4.79 Å². The third kappa shape index (κ3) is 2.58. The fraction of sp³-hybridized carbons (Fsp3) is 0.944. The normalized spacial score (nSPS) is 47.2. The topological polar surface area (TPSA) is 29.1 Å². The number of halogens is 1. The van der Waals surface area contributed by atoms with Crippen LogP contribution in [0.15, 0.2) is 0 Å². The monoisotopic (exact) mass is 355 g/mol. The van der Waals surface area contributed by atoms with Gasteiger partial charge in [-0.25, -0.2) is 0 Å². The number of hydrogen-bond acceptors (Lipinski definition) is 1. The average molecular weight is 356 g/mol. The molecule has 3 heteroatoms. The molecule has 4 bridgehead atoms. The van der Waals surface area contributed by atoms with Crippen molar-refractivity contribution in [2.75, 3.05) is 5.33 Å². The Kier molecular flexibility index (Phi) is 3.56. The third-order valence-corrected chi connectivity index (χ3v) is 7.84. The Balaban J connectivity index is 1.86. The van der Waals surface area contributed by atoms with E-state index in [1.165, 1.54) is 19.3 Å². The molecule has 0 aliphatic heterocycles. The Hall–Kier alpha value is -0.0500. The van der Waals surface area contributed by atoms with Crippen LogP contribution in [-0.2, 0) is 4.79 Å². The van der Waals surface area contributed by atoms with Gasteiger partial charge in [0.15, 0.2) is 0 Å². The van der Waals surface area contributed by atoms with Crippen molar-refractivity contribution < 1.29 is 4.79 Å². The number of amides is 1. The summed E-state index contributed by atoms with van der Waals surface area (Å²) in [5.74, 6) is 1.12. The first-order chi connectivity index (χ1) is 9.66. The van der Waals surface area contributed by atoms with E-state index in [0.717, 1.165) is 36.9 Å². The van der Waals surface area contributed by atoms with Crippen LogP contribution in [-0.4, -0.2) is 16.8 Å². The fourth-order valence-electron chi connectivity index (χ4n) is 6.32. The van der Waals surface area contributed by atoms with Crippen molar-refractivity contribution in [1.82, 2.24) is 5.32 Å². The molecule has 0 spiro atoms. The summed E-state index contributed by atoms with van der Waals surface area (Å²) < 4.78 is 0. The quantitative estimate of drug-likeness (QED) is 0.729. The lowest BCUT2D eigenvalue weighted by Gasteiger charge is -2.64. The maximum absolute atomic E-state index is 13.2. The first kappa shape index (κ1) is 15.8. The van der Waals surface area contributed by atoms with Crippen molar-refractivity contribution in [3.8, 4) is 0 Å². The summed E-state index contributed by atoms with van der Waals surface area (Å²) in [6.07, 6.45) is 8.35. The van der Waals surface area contributed by atoms with E-state index in [9.17, 15) is 4.79 Å². The number of alkyl halides is 1. The predicted octanol–water partition coefficient (Wildman–Crippen LogP) is 4.66. The second-order valence-electron chi connectivity index (χ2n) is 9.41. The minimum absolute atomic E-state index is 0.0818. The lowest BCUT2D eigenvalue weighted by Crippen LogP contribution is -2.62. The summed E-state index contributed by atoms with van der Waals surface area (Å²) in [5, 5.41) is 4.23. The number of carbonyl (C=O) groups is 1. The Morgan fingerprint density at radius 1 is 1.19 bits per heavy atom. The molecule has 0 heterocycles. The van der Waals surface area contributed by atoms with E-state index in [0.29, 0.717) is 16.7 Å². The molecular weight excluding hydrogens is 326 g/mol. The lowest BCUT2D eigenvalue weighted by molar-refractivity contribution is -0.171. The summed E-state index contributed by atoms with van der Waals surface area (Å²) >= 11 is 3.58. The van der Waals surface area contributed by atoms with Crippen molar-refractivity contribution in [3.05, 3.63) is 0 Å². The van der Waals surface area contributed by atoms with Gasteiger partial charge < -0.3 is 5.32 Å². The number of rotatable bonds is 4. The van der Waals surface area contributed by atoms with E-state index < -0.39 is 0 Å². The second-order valence-corrected chi connectivity index (χ2v) is 9.97.